The number of amides is 1. The molecule has 1 fully saturated rings. The predicted molar refractivity (Wildman–Crippen MR) is 81.8 cm³/mol. The highest BCUT2D eigenvalue weighted by Gasteiger charge is 2.22. The van der Waals surface area contributed by atoms with Gasteiger partial charge in [0, 0.05) is 26.2 Å². The van der Waals surface area contributed by atoms with Crippen molar-refractivity contribution in [3.8, 4) is 5.75 Å². The molecule has 1 aromatic carbocycles. The third-order valence-corrected chi connectivity index (χ3v) is 3.82. The van der Waals surface area contributed by atoms with Crippen molar-refractivity contribution in [2.75, 3.05) is 38.2 Å². The lowest BCUT2D eigenvalue weighted by molar-refractivity contribution is -0.132. The molecular weight excluding hydrogens is 282 g/mol. The first-order valence-electron chi connectivity index (χ1n) is 7.26. The highest BCUT2D eigenvalue weighted by Crippen LogP contribution is 2.28. The summed E-state index contributed by atoms with van der Waals surface area (Å²) in [5.41, 5.74) is 1.08. The molecule has 0 bridgehead atoms. The van der Waals surface area contributed by atoms with E-state index < -0.39 is 0 Å². The topological polar surface area (TPSA) is 63.5 Å². The lowest BCUT2D eigenvalue weighted by atomic mass is 10.2. The second kappa shape index (κ2) is 6.46. The molecule has 0 N–H and O–H groups in total. The standard InChI is InChI=1S/C15H19N5O2/c1-22-14-5-3-2-4-13(14)18-6-8-19(9-7-18)15(21)10-20-12-16-11-17-20/h2-5,11-12H,6-10H2,1H3. The van der Waals surface area contributed by atoms with Gasteiger partial charge in [-0.2, -0.15) is 5.10 Å². The molecule has 2 heterocycles. The van der Waals surface area contributed by atoms with Crippen molar-refractivity contribution >= 4 is 11.6 Å². The van der Waals surface area contributed by atoms with E-state index in [1.54, 1.807) is 18.1 Å². The first-order chi connectivity index (χ1) is 10.8. The van der Waals surface area contributed by atoms with Gasteiger partial charge in [0.05, 0.1) is 12.8 Å². The van der Waals surface area contributed by atoms with Crippen LogP contribution < -0.4 is 9.64 Å². The van der Waals surface area contributed by atoms with Gasteiger partial charge in [0.2, 0.25) is 5.91 Å². The molecule has 0 spiro atoms. The number of carbonyl (C=O) groups is 1. The molecule has 22 heavy (non-hydrogen) atoms. The Morgan fingerprint density at radius 3 is 2.68 bits per heavy atom. The zero-order chi connectivity index (χ0) is 15.4. The Labute approximate surface area is 129 Å². The Balaban J connectivity index is 1.59. The van der Waals surface area contributed by atoms with Crippen LogP contribution in [0.4, 0.5) is 5.69 Å². The van der Waals surface area contributed by atoms with Crippen LogP contribution in [0.1, 0.15) is 0 Å². The van der Waals surface area contributed by atoms with Crippen molar-refractivity contribution in [2.24, 2.45) is 0 Å². The molecule has 1 aromatic heterocycles. The summed E-state index contributed by atoms with van der Waals surface area (Å²) in [6, 6.07) is 7.96. The van der Waals surface area contributed by atoms with Crippen LogP contribution in [-0.4, -0.2) is 58.9 Å². The molecule has 7 heteroatoms. The van der Waals surface area contributed by atoms with Crippen LogP contribution in [0.2, 0.25) is 0 Å². The van der Waals surface area contributed by atoms with Crippen LogP contribution in [-0.2, 0) is 11.3 Å². The van der Waals surface area contributed by atoms with Gasteiger partial charge in [-0.25, -0.2) is 9.67 Å². The highest BCUT2D eigenvalue weighted by atomic mass is 16.5. The fraction of sp³-hybridized carbons (Fsp3) is 0.400. The molecule has 1 saturated heterocycles. The third kappa shape index (κ3) is 3.03. The SMILES string of the molecule is COc1ccccc1N1CCN(C(=O)Cn2cncn2)CC1. The van der Waals surface area contributed by atoms with Crippen molar-refractivity contribution in [2.45, 2.75) is 6.54 Å². The summed E-state index contributed by atoms with van der Waals surface area (Å²) in [5.74, 6) is 0.940. The minimum absolute atomic E-state index is 0.0742. The van der Waals surface area contributed by atoms with Crippen molar-refractivity contribution in [1.82, 2.24) is 19.7 Å². The highest BCUT2D eigenvalue weighted by molar-refractivity contribution is 5.76. The molecule has 1 aliphatic rings. The molecule has 0 aliphatic carbocycles. The van der Waals surface area contributed by atoms with Gasteiger partial charge in [-0.3, -0.25) is 4.79 Å². The van der Waals surface area contributed by atoms with Crippen LogP contribution in [0.5, 0.6) is 5.75 Å². The number of para-hydroxylation sites is 2. The Hall–Kier alpha value is -2.57. The second-order valence-corrected chi connectivity index (χ2v) is 5.13. The number of carbonyl (C=O) groups excluding carboxylic acids is 1. The molecule has 2 aromatic rings. The third-order valence-electron chi connectivity index (χ3n) is 3.82. The average molecular weight is 301 g/mol. The van der Waals surface area contributed by atoms with E-state index in [0.29, 0.717) is 13.1 Å². The van der Waals surface area contributed by atoms with E-state index in [-0.39, 0.29) is 12.5 Å². The van der Waals surface area contributed by atoms with E-state index in [9.17, 15) is 4.79 Å². The van der Waals surface area contributed by atoms with Crippen molar-refractivity contribution in [1.29, 1.82) is 0 Å². The quantitative estimate of drug-likeness (QED) is 0.829. The molecule has 0 saturated carbocycles. The van der Waals surface area contributed by atoms with Gasteiger partial charge in [0.1, 0.15) is 24.9 Å². The van der Waals surface area contributed by atoms with Crippen LogP contribution in [0, 0.1) is 0 Å². The number of hydrogen-bond acceptors (Lipinski definition) is 5. The van der Waals surface area contributed by atoms with E-state index in [0.717, 1.165) is 24.5 Å². The van der Waals surface area contributed by atoms with E-state index in [4.69, 9.17) is 4.74 Å². The fourth-order valence-electron chi connectivity index (χ4n) is 2.64. The van der Waals surface area contributed by atoms with Crippen LogP contribution in [0.3, 0.4) is 0 Å². The number of anilines is 1. The lowest BCUT2D eigenvalue weighted by Crippen LogP contribution is -2.49. The lowest BCUT2D eigenvalue weighted by Gasteiger charge is -2.36. The number of ether oxygens (including phenoxy) is 1. The number of rotatable bonds is 4. The summed E-state index contributed by atoms with van der Waals surface area (Å²) in [6.45, 7) is 3.23. The van der Waals surface area contributed by atoms with Crippen LogP contribution >= 0.6 is 0 Å². The fourth-order valence-corrected chi connectivity index (χ4v) is 2.64. The van der Waals surface area contributed by atoms with Crippen LogP contribution in [0.25, 0.3) is 0 Å². The number of piperazine rings is 1. The molecule has 0 atom stereocenters. The number of nitrogens with zero attached hydrogens (tertiary/aromatic N) is 5. The number of benzene rings is 1. The molecule has 1 aliphatic heterocycles. The molecule has 7 nitrogen and oxygen atoms in total. The Bertz CT molecular complexity index is 621. The molecule has 0 radical (unpaired) electrons. The van der Waals surface area contributed by atoms with Gasteiger partial charge >= 0.3 is 0 Å². The number of hydrogen-bond donors (Lipinski definition) is 0. The zero-order valence-electron chi connectivity index (χ0n) is 12.6. The molecule has 3 rings (SSSR count). The zero-order valence-corrected chi connectivity index (χ0v) is 12.6. The summed E-state index contributed by atoms with van der Waals surface area (Å²) in [5, 5.41) is 3.97. The second-order valence-electron chi connectivity index (χ2n) is 5.13. The summed E-state index contributed by atoms with van der Waals surface area (Å²) >= 11 is 0. The van der Waals surface area contributed by atoms with E-state index in [2.05, 4.69) is 15.0 Å². The van der Waals surface area contributed by atoms with Crippen molar-refractivity contribution < 1.29 is 9.53 Å². The number of aromatic nitrogens is 3. The molecular formula is C15H19N5O2. The average Bonchev–Trinajstić information content (AvgIpc) is 3.08. The maximum atomic E-state index is 12.2. The van der Waals surface area contributed by atoms with Crippen molar-refractivity contribution in [3.63, 3.8) is 0 Å². The van der Waals surface area contributed by atoms with Crippen LogP contribution in [0.15, 0.2) is 36.9 Å². The summed E-state index contributed by atoms with van der Waals surface area (Å²) in [6.07, 6.45) is 3.00. The Morgan fingerprint density at radius 2 is 2.00 bits per heavy atom. The smallest absolute Gasteiger partial charge is 0.244 e. The van der Waals surface area contributed by atoms with E-state index in [1.165, 1.54) is 6.33 Å². The summed E-state index contributed by atoms with van der Waals surface area (Å²) in [7, 11) is 1.68. The molecule has 1 amide bonds. The Kier molecular flexibility index (Phi) is 4.22. The van der Waals surface area contributed by atoms with Gasteiger partial charge in [-0.05, 0) is 12.1 Å². The first kappa shape index (κ1) is 14.4. The van der Waals surface area contributed by atoms with Gasteiger partial charge in [-0.1, -0.05) is 12.1 Å². The Morgan fingerprint density at radius 1 is 1.23 bits per heavy atom. The van der Waals surface area contributed by atoms with E-state index in [1.807, 2.05) is 29.2 Å². The largest absolute Gasteiger partial charge is 0.495 e. The van der Waals surface area contributed by atoms with Gasteiger partial charge in [-0.15, -0.1) is 0 Å². The maximum absolute atomic E-state index is 12.2. The van der Waals surface area contributed by atoms with Gasteiger partial charge < -0.3 is 14.5 Å². The van der Waals surface area contributed by atoms with Gasteiger partial charge in [0.15, 0.2) is 0 Å². The maximum Gasteiger partial charge on any atom is 0.244 e. The minimum Gasteiger partial charge on any atom is -0.495 e. The van der Waals surface area contributed by atoms with Gasteiger partial charge in [0.25, 0.3) is 0 Å². The summed E-state index contributed by atoms with van der Waals surface area (Å²) < 4.78 is 6.95. The van der Waals surface area contributed by atoms with E-state index >= 15 is 0 Å². The molecule has 0 unspecified atom stereocenters. The predicted octanol–water partition coefficient (Wildman–Crippen LogP) is 0.635. The minimum atomic E-state index is 0.0742. The first-order valence-corrected chi connectivity index (χ1v) is 7.26. The van der Waals surface area contributed by atoms with Crippen molar-refractivity contribution in [3.05, 3.63) is 36.9 Å². The molecule has 116 valence electrons. The monoisotopic (exact) mass is 301 g/mol. The number of methoxy groups -OCH3 is 1. The summed E-state index contributed by atoms with van der Waals surface area (Å²) in [4.78, 5) is 20.2. The normalized spacial score (nSPS) is 15.0.